The van der Waals surface area contributed by atoms with Gasteiger partial charge in [-0.05, 0) is 31.0 Å². The first-order valence-electron chi connectivity index (χ1n) is 8.30. The van der Waals surface area contributed by atoms with Crippen molar-refractivity contribution in [3.63, 3.8) is 0 Å². The smallest absolute Gasteiger partial charge is 0.496 e. The van der Waals surface area contributed by atoms with E-state index in [1.165, 1.54) is 36.6 Å². The van der Waals surface area contributed by atoms with Crippen LogP contribution in [0.3, 0.4) is 0 Å². The number of ether oxygens (including phenoxy) is 1. The topological polar surface area (TPSA) is 52.3 Å². The number of halogens is 4. The fourth-order valence-corrected chi connectivity index (χ4v) is 2.96. The number of rotatable bonds is 3. The van der Waals surface area contributed by atoms with Crippen LogP contribution in [0, 0.1) is 24.6 Å². The average Bonchev–Trinajstić information content (AvgIpc) is 3.11. The minimum atomic E-state index is -5.21. The van der Waals surface area contributed by atoms with Crippen LogP contribution in [-0.2, 0) is 4.79 Å². The molecule has 0 spiro atoms. The maximum Gasteiger partial charge on any atom is 0.498 e. The van der Waals surface area contributed by atoms with Gasteiger partial charge in [0.1, 0.15) is 17.3 Å². The Balaban J connectivity index is 2.08. The Labute approximate surface area is 172 Å². The Bertz CT molecular complexity index is 1160. The first-order valence-corrected chi connectivity index (χ1v) is 9.18. The number of nitrogens with zero attached hydrogens (tertiary/aromatic N) is 2. The summed E-state index contributed by atoms with van der Waals surface area (Å²) in [5.41, 5.74) is 1.00. The molecule has 5 nitrogen and oxygen atoms in total. The van der Waals surface area contributed by atoms with Crippen molar-refractivity contribution in [2.75, 3.05) is 7.11 Å². The number of hydrogen-bond donors (Lipinski definition) is 0. The lowest BCUT2D eigenvalue weighted by atomic mass is 10.1. The van der Waals surface area contributed by atoms with Gasteiger partial charge in [0.2, 0.25) is 6.20 Å². The molecule has 0 saturated heterocycles. The molecule has 3 rings (SSSR count). The van der Waals surface area contributed by atoms with E-state index in [2.05, 4.69) is 21.7 Å². The van der Waals surface area contributed by atoms with Gasteiger partial charge in [-0.3, -0.25) is 0 Å². The number of carbonyl (C=O) groups excluding carboxylic acids is 1. The summed E-state index contributed by atoms with van der Waals surface area (Å²) in [5.74, 6) is 2.56. The molecule has 0 aliphatic carbocycles. The summed E-state index contributed by atoms with van der Waals surface area (Å²) in [7, 11) is 1.28. The number of pyridine rings is 1. The summed E-state index contributed by atoms with van der Waals surface area (Å²) in [6, 6.07) is 6.36. The van der Waals surface area contributed by atoms with Gasteiger partial charge in [0.15, 0.2) is 0 Å². The summed E-state index contributed by atoms with van der Waals surface area (Å²) in [5, 5.41) is 2.55. The highest BCUT2D eigenvalue weighted by atomic mass is 32.1. The van der Waals surface area contributed by atoms with E-state index in [-0.39, 0.29) is 22.6 Å². The third kappa shape index (κ3) is 4.93. The molecule has 154 valence electrons. The van der Waals surface area contributed by atoms with Crippen LogP contribution in [0.4, 0.5) is 17.6 Å². The minimum Gasteiger partial charge on any atom is -0.496 e. The lowest BCUT2D eigenvalue weighted by Gasteiger charge is -2.08. The van der Waals surface area contributed by atoms with Gasteiger partial charge in [0, 0.05) is 22.2 Å². The SMILES string of the molecule is COc1cc(F)ccc1-c1ccc(C#Cc2csc(C)n2)c[n+]1OC(=O)C(F)(F)F. The van der Waals surface area contributed by atoms with Gasteiger partial charge in [0.05, 0.1) is 23.2 Å². The predicted molar refractivity (Wildman–Crippen MR) is 99.1 cm³/mol. The van der Waals surface area contributed by atoms with Crippen LogP contribution in [0.25, 0.3) is 11.3 Å². The molecule has 10 heteroatoms. The van der Waals surface area contributed by atoms with Crippen LogP contribution < -0.4 is 14.3 Å². The summed E-state index contributed by atoms with van der Waals surface area (Å²) in [4.78, 5) is 20.1. The highest BCUT2D eigenvalue weighted by molar-refractivity contribution is 7.09. The van der Waals surface area contributed by atoms with Crippen molar-refractivity contribution < 1.29 is 36.7 Å². The molecule has 1 aromatic carbocycles. The van der Waals surface area contributed by atoms with Crippen molar-refractivity contribution in [1.29, 1.82) is 0 Å². The zero-order chi connectivity index (χ0) is 21.9. The summed E-state index contributed by atoms with van der Waals surface area (Å²) >= 11 is 1.40. The quantitative estimate of drug-likeness (QED) is 0.358. The molecule has 0 radical (unpaired) electrons. The lowest BCUT2D eigenvalue weighted by Crippen LogP contribution is -2.51. The molecule has 0 saturated carbocycles. The van der Waals surface area contributed by atoms with E-state index >= 15 is 0 Å². The zero-order valence-electron chi connectivity index (χ0n) is 15.6. The van der Waals surface area contributed by atoms with Crippen molar-refractivity contribution in [1.82, 2.24) is 4.98 Å². The highest BCUT2D eigenvalue weighted by Gasteiger charge is 2.45. The van der Waals surface area contributed by atoms with Gasteiger partial charge in [-0.15, -0.1) is 11.3 Å². The fraction of sp³-hybridized carbons (Fsp3) is 0.150. The van der Waals surface area contributed by atoms with Crippen LogP contribution in [0.1, 0.15) is 16.3 Å². The van der Waals surface area contributed by atoms with Crippen molar-refractivity contribution in [3.8, 4) is 28.8 Å². The van der Waals surface area contributed by atoms with Crippen molar-refractivity contribution in [2.24, 2.45) is 0 Å². The van der Waals surface area contributed by atoms with Gasteiger partial charge in [-0.25, -0.2) is 14.2 Å². The fourth-order valence-electron chi connectivity index (χ4n) is 2.41. The monoisotopic (exact) mass is 437 g/mol. The van der Waals surface area contributed by atoms with Crippen molar-refractivity contribution in [2.45, 2.75) is 13.1 Å². The Morgan fingerprint density at radius 2 is 1.97 bits per heavy atom. The molecule has 0 atom stereocenters. The van der Waals surface area contributed by atoms with Crippen molar-refractivity contribution >= 4 is 17.3 Å². The molecule has 0 fully saturated rings. The van der Waals surface area contributed by atoms with Gasteiger partial charge in [0.25, 0.3) is 5.69 Å². The van der Waals surface area contributed by atoms with Gasteiger partial charge >= 0.3 is 12.1 Å². The van der Waals surface area contributed by atoms with E-state index < -0.39 is 18.0 Å². The van der Waals surface area contributed by atoms with Crippen LogP contribution >= 0.6 is 11.3 Å². The third-order valence-corrected chi connectivity index (χ3v) is 4.49. The van der Waals surface area contributed by atoms with E-state index in [0.29, 0.717) is 10.4 Å². The summed E-state index contributed by atoms with van der Waals surface area (Å²) < 4.78 is 57.4. The molecule has 0 unspecified atom stereocenters. The Morgan fingerprint density at radius 3 is 2.60 bits per heavy atom. The van der Waals surface area contributed by atoms with Crippen molar-refractivity contribution in [3.05, 3.63) is 64.0 Å². The number of aromatic nitrogens is 2. The largest absolute Gasteiger partial charge is 0.498 e. The second kappa shape index (κ2) is 8.51. The number of thiazole rings is 1. The number of alkyl halides is 3. The van der Waals surface area contributed by atoms with E-state index in [0.717, 1.165) is 23.3 Å². The maximum atomic E-state index is 13.5. The molecule has 0 N–H and O–H groups in total. The van der Waals surface area contributed by atoms with Crippen LogP contribution in [0.15, 0.2) is 41.9 Å². The molecule has 3 aromatic rings. The normalized spacial score (nSPS) is 10.9. The Morgan fingerprint density at radius 1 is 1.20 bits per heavy atom. The standard InChI is InChI=1S/C20H13F4N2O3S/c1-12-25-15(11-30-12)6-3-13-4-8-17(16-7-5-14(21)9-18(16)28-2)26(10-13)29-19(27)20(22,23)24/h4-5,7-11H,1-2H3/q+1. The molecule has 2 heterocycles. The molecule has 0 aliphatic heterocycles. The second-order valence-corrected chi connectivity index (χ2v) is 6.91. The molecule has 0 amide bonds. The van der Waals surface area contributed by atoms with E-state index in [4.69, 9.17) is 4.74 Å². The molecule has 0 aliphatic rings. The molecule has 2 aromatic heterocycles. The molecular formula is C20H13F4N2O3S+. The predicted octanol–water partition coefficient (Wildman–Crippen LogP) is 3.47. The van der Waals surface area contributed by atoms with E-state index in [1.54, 1.807) is 5.38 Å². The number of carbonyl (C=O) groups is 1. The number of aryl methyl sites for hydroxylation is 1. The molecule has 30 heavy (non-hydrogen) atoms. The zero-order valence-corrected chi connectivity index (χ0v) is 16.4. The first-order chi connectivity index (χ1) is 14.2. The number of methoxy groups -OCH3 is 1. The minimum absolute atomic E-state index is 0.0273. The van der Waals surface area contributed by atoms with Gasteiger partial charge < -0.3 is 4.74 Å². The Kier molecular flexibility index (Phi) is 6.03. The van der Waals surface area contributed by atoms with Gasteiger partial charge in [-0.1, -0.05) is 5.92 Å². The molecular weight excluding hydrogens is 424 g/mol. The third-order valence-electron chi connectivity index (χ3n) is 3.72. The van der Waals surface area contributed by atoms with Gasteiger partial charge in [-0.2, -0.15) is 18.0 Å². The average molecular weight is 437 g/mol. The number of benzene rings is 1. The summed E-state index contributed by atoms with van der Waals surface area (Å²) in [6.45, 7) is 1.81. The van der Waals surface area contributed by atoms with Crippen LogP contribution in [0.2, 0.25) is 0 Å². The lowest BCUT2D eigenvalue weighted by molar-refractivity contribution is -0.862. The Hall–Kier alpha value is -3.45. The van der Waals surface area contributed by atoms with E-state index in [9.17, 15) is 22.4 Å². The maximum absolute atomic E-state index is 13.5. The number of hydrogen-bond acceptors (Lipinski definition) is 5. The van der Waals surface area contributed by atoms with E-state index in [1.807, 2.05) is 6.92 Å². The first kappa shape index (κ1) is 21.3. The second-order valence-electron chi connectivity index (χ2n) is 5.85. The molecule has 0 bridgehead atoms. The van der Waals surface area contributed by atoms with Crippen LogP contribution in [0.5, 0.6) is 5.75 Å². The van der Waals surface area contributed by atoms with Crippen LogP contribution in [-0.4, -0.2) is 24.2 Å². The summed E-state index contributed by atoms with van der Waals surface area (Å²) in [6.07, 6.45) is -4.09. The highest BCUT2D eigenvalue weighted by Crippen LogP contribution is 2.28.